The zero-order chi connectivity index (χ0) is 22.1. The van der Waals surface area contributed by atoms with Gasteiger partial charge in [0.1, 0.15) is 6.04 Å². The van der Waals surface area contributed by atoms with Crippen LogP contribution in [-0.4, -0.2) is 30.8 Å². The highest BCUT2D eigenvalue weighted by Crippen LogP contribution is 2.20. The molecule has 1 amide bonds. The van der Waals surface area contributed by atoms with E-state index in [4.69, 9.17) is 4.74 Å². The average Bonchev–Trinajstić information content (AvgIpc) is 2.83. The molecule has 0 aliphatic heterocycles. The highest BCUT2D eigenvalue weighted by molar-refractivity contribution is 5.98. The topological polar surface area (TPSA) is 72.5 Å². The van der Waals surface area contributed by atoms with Crippen LogP contribution in [0.3, 0.4) is 0 Å². The van der Waals surface area contributed by atoms with E-state index in [1.807, 2.05) is 72.8 Å². The number of nitrogens with one attached hydrogen (secondary N) is 1. The van der Waals surface area contributed by atoms with Crippen molar-refractivity contribution in [2.75, 3.05) is 7.11 Å². The summed E-state index contributed by atoms with van der Waals surface area (Å²) < 4.78 is 4.81. The van der Waals surface area contributed by atoms with E-state index in [0.29, 0.717) is 12.0 Å². The lowest BCUT2D eigenvalue weighted by Crippen LogP contribution is -2.43. The number of Topliss-reactive ketones (excluding diaryl/α,β-unsaturated/α-hetero) is 1. The van der Waals surface area contributed by atoms with Gasteiger partial charge in [0.05, 0.1) is 7.11 Å². The van der Waals surface area contributed by atoms with E-state index in [0.717, 1.165) is 16.7 Å². The molecular weight excluding hydrogens is 390 g/mol. The minimum atomic E-state index is -0.792. The summed E-state index contributed by atoms with van der Waals surface area (Å²) in [5.74, 6) is -0.993. The van der Waals surface area contributed by atoms with Crippen molar-refractivity contribution in [1.82, 2.24) is 5.32 Å². The van der Waals surface area contributed by atoms with Gasteiger partial charge in [0, 0.05) is 24.8 Å². The Bertz CT molecular complexity index is 1010. The fraction of sp³-hybridized carbons (Fsp3) is 0.192. The molecule has 0 aliphatic rings. The first-order valence-corrected chi connectivity index (χ1v) is 10.2. The number of ether oxygens (including phenoxy) is 1. The van der Waals surface area contributed by atoms with E-state index < -0.39 is 12.0 Å². The molecule has 1 atom stereocenters. The summed E-state index contributed by atoms with van der Waals surface area (Å²) in [6.07, 6.45) is 0.394. The SMILES string of the molecule is COC(=O)C(Cc1ccccc1)NC(=O)CCC(=O)c1ccc(-c2ccccc2)cc1. The average molecular weight is 415 g/mol. The van der Waals surface area contributed by atoms with E-state index in [1.165, 1.54) is 7.11 Å². The van der Waals surface area contributed by atoms with Crippen molar-refractivity contribution in [2.24, 2.45) is 0 Å². The molecule has 1 N–H and O–H groups in total. The summed E-state index contributed by atoms with van der Waals surface area (Å²) in [5.41, 5.74) is 3.57. The zero-order valence-corrected chi connectivity index (χ0v) is 17.4. The van der Waals surface area contributed by atoms with Crippen molar-refractivity contribution in [2.45, 2.75) is 25.3 Å². The fourth-order valence-corrected chi connectivity index (χ4v) is 3.30. The predicted octanol–water partition coefficient (Wildman–Crippen LogP) is 4.22. The number of esters is 1. The molecule has 1 unspecified atom stereocenters. The second-order valence-corrected chi connectivity index (χ2v) is 7.20. The first-order valence-electron chi connectivity index (χ1n) is 10.2. The number of rotatable bonds is 9. The molecule has 0 aromatic heterocycles. The van der Waals surface area contributed by atoms with Gasteiger partial charge in [-0.15, -0.1) is 0 Å². The summed E-state index contributed by atoms with van der Waals surface area (Å²) in [5, 5.41) is 2.69. The van der Waals surface area contributed by atoms with Crippen molar-refractivity contribution in [3.63, 3.8) is 0 Å². The number of carbonyl (C=O) groups excluding carboxylic acids is 3. The van der Waals surface area contributed by atoms with Crippen LogP contribution < -0.4 is 5.32 Å². The lowest BCUT2D eigenvalue weighted by atomic mass is 10.0. The van der Waals surface area contributed by atoms with Crippen molar-refractivity contribution in [3.8, 4) is 11.1 Å². The maximum Gasteiger partial charge on any atom is 0.328 e. The molecule has 5 heteroatoms. The van der Waals surface area contributed by atoms with Crippen LogP contribution in [-0.2, 0) is 20.7 Å². The molecule has 3 aromatic carbocycles. The Labute approximate surface area is 182 Å². The Balaban J connectivity index is 1.55. The number of carbonyl (C=O) groups is 3. The van der Waals surface area contributed by atoms with E-state index >= 15 is 0 Å². The van der Waals surface area contributed by atoms with Crippen molar-refractivity contribution in [1.29, 1.82) is 0 Å². The van der Waals surface area contributed by atoms with Crippen molar-refractivity contribution < 1.29 is 19.1 Å². The molecule has 0 saturated heterocycles. The first kappa shape index (κ1) is 22.0. The Hall–Kier alpha value is -3.73. The summed E-state index contributed by atoms with van der Waals surface area (Å²) in [4.78, 5) is 36.9. The number of amides is 1. The number of hydrogen-bond donors (Lipinski definition) is 1. The van der Waals surface area contributed by atoms with Gasteiger partial charge < -0.3 is 10.1 Å². The molecule has 0 aliphatic carbocycles. The minimum absolute atomic E-state index is 0.00154. The van der Waals surface area contributed by atoms with Crippen LogP contribution in [0.25, 0.3) is 11.1 Å². The second kappa shape index (κ2) is 10.9. The summed E-state index contributed by atoms with van der Waals surface area (Å²) in [7, 11) is 1.29. The monoisotopic (exact) mass is 415 g/mol. The van der Waals surface area contributed by atoms with Crippen LogP contribution in [0, 0.1) is 0 Å². The Kier molecular flexibility index (Phi) is 7.71. The molecule has 3 rings (SSSR count). The third-order valence-electron chi connectivity index (χ3n) is 5.00. The van der Waals surface area contributed by atoms with Crippen LogP contribution in [0.1, 0.15) is 28.8 Å². The van der Waals surface area contributed by atoms with Gasteiger partial charge in [-0.2, -0.15) is 0 Å². The Morgan fingerprint density at radius 1 is 0.774 bits per heavy atom. The molecule has 0 bridgehead atoms. The molecule has 0 saturated carbocycles. The summed E-state index contributed by atoms with van der Waals surface area (Å²) >= 11 is 0. The third kappa shape index (κ3) is 6.37. The molecule has 3 aromatic rings. The Morgan fingerprint density at radius 2 is 1.35 bits per heavy atom. The van der Waals surface area contributed by atoms with Gasteiger partial charge in [-0.25, -0.2) is 4.79 Å². The van der Waals surface area contributed by atoms with Gasteiger partial charge in [-0.05, 0) is 16.7 Å². The second-order valence-electron chi connectivity index (χ2n) is 7.20. The highest BCUT2D eigenvalue weighted by Gasteiger charge is 2.22. The lowest BCUT2D eigenvalue weighted by molar-refractivity contribution is -0.145. The summed E-state index contributed by atoms with van der Waals surface area (Å²) in [6, 6.07) is 25.8. The number of benzene rings is 3. The largest absolute Gasteiger partial charge is 0.467 e. The molecule has 158 valence electrons. The zero-order valence-electron chi connectivity index (χ0n) is 17.4. The maximum absolute atomic E-state index is 12.5. The van der Waals surface area contributed by atoms with E-state index in [2.05, 4.69) is 5.32 Å². The van der Waals surface area contributed by atoms with Crippen molar-refractivity contribution >= 4 is 17.7 Å². The number of hydrogen-bond acceptors (Lipinski definition) is 4. The molecule has 0 fully saturated rings. The molecule has 0 heterocycles. The molecular formula is C26H25NO4. The van der Waals surface area contributed by atoms with Gasteiger partial charge in [-0.3, -0.25) is 9.59 Å². The van der Waals surface area contributed by atoms with Crippen LogP contribution >= 0.6 is 0 Å². The van der Waals surface area contributed by atoms with Gasteiger partial charge >= 0.3 is 5.97 Å². The van der Waals surface area contributed by atoms with Gasteiger partial charge in [-0.1, -0.05) is 84.9 Å². The van der Waals surface area contributed by atoms with Crippen LogP contribution in [0.15, 0.2) is 84.9 Å². The van der Waals surface area contributed by atoms with Gasteiger partial charge in [0.25, 0.3) is 0 Å². The minimum Gasteiger partial charge on any atom is -0.467 e. The van der Waals surface area contributed by atoms with E-state index in [-0.39, 0.29) is 24.5 Å². The molecule has 0 radical (unpaired) electrons. The first-order chi connectivity index (χ1) is 15.1. The fourth-order valence-electron chi connectivity index (χ4n) is 3.30. The third-order valence-corrected chi connectivity index (χ3v) is 5.00. The van der Waals surface area contributed by atoms with Crippen LogP contribution in [0.5, 0.6) is 0 Å². The van der Waals surface area contributed by atoms with Crippen LogP contribution in [0.2, 0.25) is 0 Å². The van der Waals surface area contributed by atoms with Gasteiger partial charge in [0.2, 0.25) is 5.91 Å². The quantitative estimate of drug-likeness (QED) is 0.420. The predicted molar refractivity (Wildman–Crippen MR) is 120 cm³/mol. The standard InChI is InChI=1S/C26H25NO4/c1-31-26(30)23(18-19-8-4-2-5-9-19)27-25(29)17-16-24(28)22-14-12-21(13-15-22)20-10-6-3-7-11-20/h2-15,23H,16-18H2,1H3,(H,27,29). The lowest BCUT2D eigenvalue weighted by Gasteiger charge is -2.16. The highest BCUT2D eigenvalue weighted by atomic mass is 16.5. The molecule has 5 nitrogen and oxygen atoms in total. The Morgan fingerprint density at radius 3 is 1.97 bits per heavy atom. The maximum atomic E-state index is 12.5. The van der Waals surface area contributed by atoms with E-state index in [1.54, 1.807) is 12.1 Å². The normalized spacial score (nSPS) is 11.4. The summed E-state index contributed by atoms with van der Waals surface area (Å²) in [6.45, 7) is 0. The van der Waals surface area contributed by atoms with E-state index in [9.17, 15) is 14.4 Å². The van der Waals surface area contributed by atoms with Crippen LogP contribution in [0.4, 0.5) is 0 Å². The number of ketones is 1. The molecule has 0 spiro atoms. The van der Waals surface area contributed by atoms with Gasteiger partial charge in [0.15, 0.2) is 5.78 Å². The molecule has 31 heavy (non-hydrogen) atoms. The smallest absolute Gasteiger partial charge is 0.328 e. The van der Waals surface area contributed by atoms with Crippen molar-refractivity contribution in [3.05, 3.63) is 96.1 Å². The number of methoxy groups -OCH3 is 1.